The summed E-state index contributed by atoms with van der Waals surface area (Å²) in [6.45, 7) is 4.17. The van der Waals surface area contributed by atoms with E-state index in [9.17, 15) is 4.79 Å². The zero-order valence-electron chi connectivity index (χ0n) is 14.5. The van der Waals surface area contributed by atoms with Gasteiger partial charge in [0.15, 0.2) is 5.13 Å². The third kappa shape index (κ3) is 4.25. The molecule has 5 heteroatoms. The van der Waals surface area contributed by atoms with Gasteiger partial charge in [0, 0.05) is 10.9 Å². The van der Waals surface area contributed by atoms with Gasteiger partial charge < -0.3 is 10.1 Å². The fourth-order valence-corrected chi connectivity index (χ4v) is 3.19. The van der Waals surface area contributed by atoms with Gasteiger partial charge in [-0.15, -0.1) is 11.3 Å². The summed E-state index contributed by atoms with van der Waals surface area (Å²) < 4.78 is 5.12. The highest BCUT2D eigenvalue weighted by Crippen LogP contribution is 2.26. The van der Waals surface area contributed by atoms with Gasteiger partial charge in [-0.25, -0.2) is 4.98 Å². The van der Waals surface area contributed by atoms with E-state index in [1.54, 1.807) is 7.11 Å². The summed E-state index contributed by atoms with van der Waals surface area (Å²) in [6.07, 6.45) is 0.308. The van der Waals surface area contributed by atoms with Crippen molar-refractivity contribution in [3.05, 3.63) is 64.5 Å². The molecule has 2 aromatic carbocycles. The summed E-state index contributed by atoms with van der Waals surface area (Å²) in [4.78, 5) is 16.7. The van der Waals surface area contributed by atoms with Crippen LogP contribution in [-0.4, -0.2) is 18.0 Å². The SMILES string of the molecule is COc1ccc(CC(=O)Nc2nc(-c3ccc(C)c(C)c3)cs2)cc1. The second-order valence-corrected chi connectivity index (χ2v) is 6.77. The van der Waals surface area contributed by atoms with Crippen molar-refractivity contribution in [3.8, 4) is 17.0 Å². The van der Waals surface area contributed by atoms with Gasteiger partial charge in [0.2, 0.25) is 5.91 Å². The van der Waals surface area contributed by atoms with Crippen LogP contribution in [0.4, 0.5) is 5.13 Å². The van der Waals surface area contributed by atoms with E-state index < -0.39 is 0 Å². The normalized spacial score (nSPS) is 10.5. The highest BCUT2D eigenvalue weighted by atomic mass is 32.1. The summed E-state index contributed by atoms with van der Waals surface area (Å²) in [5.74, 6) is 0.702. The van der Waals surface area contributed by atoms with Gasteiger partial charge in [-0.05, 0) is 48.7 Å². The lowest BCUT2D eigenvalue weighted by Gasteiger charge is -2.04. The number of aromatic nitrogens is 1. The van der Waals surface area contributed by atoms with E-state index in [1.165, 1.54) is 22.5 Å². The largest absolute Gasteiger partial charge is 0.497 e. The van der Waals surface area contributed by atoms with E-state index in [0.29, 0.717) is 11.6 Å². The van der Waals surface area contributed by atoms with Gasteiger partial charge in [0.25, 0.3) is 0 Å². The number of amides is 1. The summed E-state index contributed by atoms with van der Waals surface area (Å²) in [7, 11) is 1.62. The lowest BCUT2D eigenvalue weighted by Crippen LogP contribution is -2.14. The zero-order chi connectivity index (χ0) is 17.8. The Morgan fingerprint density at radius 3 is 2.56 bits per heavy atom. The van der Waals surface area contributed by atoms with Crippen LogP contribution in [-0.2, 0) is 11.2 Å². The number of carbonyl (C=O) groups excluding carboxylic acids is 1. The molecule has 1 N–H and O–H groups in total. The second kappa shape index (κ2) is 7.49. The minimum absolute atomic E-state index is 0.0776. The quantitative estimate of drug-likeness (QED) is 0.729. The Balaban J connectivity index is 1.65. The van der Waals surface area contributed by atoms with Gasteiger partial charge in [0.1, 0.15) is 5.75 Å². The number of carbonyl (C=O) groups is 1. The molecule has 0 aliphatic rings. The Hall–Kier alpha value is -2.66. The molecule has 1 amide bonds. The fourth-order valence-electron chi connectivity index (χ4n) is 2.46. The Morgan fingerprint density at radius 1 is 1.12 bits per heavy atom. The molecule has 0 saturated heterocycles. The molecule has 0 spiro atoms. The Labute approximate surface area is 151 Å². The molecule has 1 heterocycles. The van der Waals surface area contributed by atoms with Crippen molar-refractivity contribution in [2.24, 2.45) is 0 Å². The molecule has 0 aliphatic heterocycles. The highest BCUT2D eigenvalue weighted by molar-refractivity contribution is 7.14. The van der Waals surface area contributed by atoms with Crippen molar-refractivity contribution in [1.29, 1.82) is 0 Å². The maximum atomic E-state index is 12.2. The van der Waals surface area contributed by atoms with Crippen LogP contribution < -0.4 is 10.1 Å². The summed E-state index contributed by atoms with van der Waals surface area (Å²) in [5, 5.41) is 5.46. The van der Waals surface area contributed by atoms with E-state index in [4.69, 9.17) is 4.74 Å². The maximum absolute atomic E-state index is 12.2. The first-order valence-electron chi connectivity index (χ1n) is 8.01. The molecule has 0 unspecified atom stereocenters. The lowest BCUT2D eigenvalue weighted by molar-refractivity contribution is -0.115. The van der Waals surface area contributed by atoms with Gasteiger partial charge in [-0.1, -0.05) is 24.3 Å². The molecule has 0 radical (unpaired) electrons. The number of rotatable bonds is 5. The number of hydrogen-bond donors (Lipinski definition) is 1. The molecule has 128 valence electrons. The van der Waals surface area contributed by atoms with Crippen molar-refractivity contribution in [1.82, 2.24) is 4.98 Å². The van der Waals surface area contributed by atoms with Crippen LogP contribution in [0.1, 0.15) is 16.7 Å². The lowest BCUT2D eigenvalue weighted by atomic mass is 10.1. The second-order valence-electron chi connectivity index (χ2n) is 5.91. The van der Waals surface area contributed by atoms with Crippen LogP contribution in [0.3, 0.4) is 0 Å². The molecule has 4 nitrogen and oxygen atoms in total. The number of nitrogens with one attached hydrogen (secondary N) is 1. The zero-order valence-corrected chi connectivity index (χ0v) is 15.3. The number of benzene rings is 2. The monoisotopic (exact) mass is 352 g/mol. The third-order valence-corrected chi connectivity index (χ3v) is 4.83. The van der Waals surface area contributed by atoms with Crippen LogP contribution in [0, 0.1) is 13.8 Å². The van der Waals surface area contributed by atoms with Crippen molar-refractivity contribution in [3.63, 3.8) is 0 Å². The highest BCUT2D eigenvalue weighted by Gasteiger charge is 2.09. The molecule has 3 rings (SSSR count). The number of hydrogen-bond acceptors (Lipinski definition) is 4. The first kappa shape index (κ1) is 17.2. The molecule has 0 aliphatic carbocycles. The number of nitrogens with zero attached hydrogens (tertiary/aromatic N) is 1. The van der Waals surface area contributed by atoms with Crippen LogP contribution in [0.2, 0.25) is 0 Å². The molecule has 3 aromatic rings. The predicted molar refractivity (Wildman–Crippen MR) is 102 cm³/mol. The predicted octanol–water partition coefficient (Wildman–Crippen LogP) is 4.62. The van der Waals surface area contributed by atoms with Crippen LogP contribution >= 0.6 is 11.3 Å². The molecular weight excluding hydrogens is 332 g/mol. The first-order valence-corrected chi connectivity index (χ1v) is 8.89. The minimum atomic E-state index is -0.0776. The molecular formula is C20H20N2O2S. The minimum Gasteiger partial charge on any atom is -0.497 e. The van der Waals surface area contributed by atoms with E-state index in [1.807, 2.05) is 29.6 Å². The maximum Gasteiger partial charge on any atom is 0.230 e. The van der Waals surface area contributed by atoms with Crippen molar-refractivity contribution in [2.75, 3.05) is 12.4 Å². The topological polar surface area (TPSA) is 51.2 Å². The smallest absolute Gasteiger partial charge is 0.230 e. The van der Waals surface area contributed by atoms with E-state index in [0.717, 1.165) is 22.6 Å². The summed E-state index contributed by atoms with van der Waals surface area (Å²) >= 11 is 1.44. The van der Waals surface area contributed by atoms with Crippen molar-refractivity contribution < 1.29 is 9.53 Å². The molecule has 1 aromatic heterocycles. The Morgan fingerprint density at radius 2 is 1.88 bits per heavy atom. The number of anilines is 1. The van der Waals surface area contributed by atoms with Crippen LogP contribution in [0.5, 0.6) is 5.75 Å². The number of aryl methyl sites for hydroxylation is 2. The molecule has 0 bridgehead atoms. The van der Waals surface area contributed by atoms with E-state index >= 15 is 0 Å². The van der Waals surface area contributed by atoms with Gasteiger partial charge in [-0.2, -0.15) is 0 Å². The number of thiazole rings is 1. The molecule has 0 atom stereocenters. The molecule has 0 saturated carbocycles. The van der Waals surface area contributed by atoms with E-state index in [2.05, 4.69) is 42.3 Å². The summed E-state index contributed by atoms with van der Waals surface area (Å²) in [6, 6.07) is 13.7. The van der Waals surface area contributed by atoms with Crippen LogP contribution in [0.15, 0.2) is 47.8 Å². The number of ether oxygens (including phenoxy) is 1. The molecule has 25 heavy (non-hydrogen) atoms. The average Bonchev–Trinajstić information content (AvgIpc) is 3.06. The number of methoxy groups -OCH3 is 1. The van der Waals surface area contributed by atoms with Crippen LogP contribution in [0.25, 0.3) is 11.3 Å². The van der Waals surface area contributed by atoms with Crippen molar-refractivity contribution >= 4 is 22.4 Å². The summed E-state index contributed by atoms with van der Waals surface area (Å²) in [5.41, 5.74) is 5.37. The van der Waals surface area contributed by atoms with E-state index in [-0.39, 0.29) is 5.91 Å². The van der Waals surface area contributed by atoms with Gasteiger partial charge >= 0.3 is 0 Å². The third-order valence-electron chi connectivity index (χ3n) is 4.08. The van der Waals surface area contributed by atoms with Crippen molar-refractivity contribution in [2.45, 2.75) is 20.3 Å². The van der Waals surface area contributed by atoms with Gasteiger partial charge in [0.05, 0.1) is 19.2 Å². The Bertz CT molecular complexity index is 885. The first-order chi connectivity index (χ1) is 12.0. The molecule has 0 fully saturated rings. The average molecular weight is 352 g/mol. The van der Waals surface area contributed by atoms with Gasteiger partial charge in [-0.3, -0.25) is 4.79 Å². The standard InChI is InChI=1S/C20H20N2O2S/c1-13-4-7-16(10-14(13)2)18-12-25-20(21-18)22-19(23)11-15-5-8-17(24-3)9-6-15/h4-10,12H,11H2,1-3H3,(H,21,22,23). The fraction of sp³-hybridized carbons (Fsp3) is 0.200. The Kier molecular flexibility index (Phi) is 5.14.